The lowest BCUT2D eigenvalue weighted by atomic mass is 10.2. The Hall–Kier alpha value is -0.610. The summed E-state index contributed by atoms with van der Waals surface area (Å²) in [4.78, 5) is 13.9. The number of likely N-dealkylation sites (N-methyl/N-ethyl adjacent to an activating group) is 2. The number of rotatable bonds is 7. The molecular formula is C12H25N3O. The van der Waals surface area contributed by atoms with Crippen molar-refractivity contribution in [2.45, 2.75) is 51.7 Å². The van der Waals surface area contributed by atoms with Crippen molar-refractivity contribution in [1.29, 1.82) is 0 Å². The fourth-order valence-electron chi connectivity index (χ4n) is 1.75. The molecule has 16 heavy (non-hydrogen) atoms. The van der Waals surface area contributed by atoms with E-state index in [0.717, 1.165) is 12.6 Å². The zero-order valence-electron chi connectivity index (χ0n) is 10.9. The van der Waals surface area contributed by atoms with Crippen molar-refractivity contribution in [3.05, 3.63) is 0 Å². The summed E-state index contributed by atoms with van der Waals surface area (Å²) < 4.78 is 0. The molecule has 0 radical (unpaired) electrons. The summed E-state index contributed by atoms with van der Waals surface area (Å²) in [5.74, 6) is 0.0868. The van der Waals surface area contributed by atoms with E-state index < -0.39 is 0 Å². The molecule has 0 heterocycles. The molecule has 2 unspecified atom stereocenters. The van der Waals surface area contributed by atoms with Gasteiger partial charge in [0, 0.05) is 25.2 Å². The zero-order valence-corrected chi connectivity index (χ0v) is 10.9. The molecule has 1 amide bonds. The Morgan fingerprint density at radius 1 is 1.44 bits per heavy atom. The highest BCUT2D eigenvalue weighted by molar-refractivity contribution is 5.81. The van der Waals surface area contributed by atoms with Gasteiger partial charge in [0.15, 0.2) is 0 Å². The van der Waals surface area contributed by atoms with E-state index in [1.54, 1.807) is 0 Å². The third kappa shape index (κ3) is 4.10. The lowest BCUT2D eigenvalue weighted by Crippen LogP contribution is -2.47. The molecule has 0 bridgehead atoms. The lowest BCUT2D eigenvalue weighted by molar-refractivity contribution is -0.122. The van der Waals surface area contributed by atoms with Crippen LogP contribution in [0.5, 0.6) is 0 Å². The number of hydrogen-bond donors (Lipinski definition) is 2. The van der Waals surface area contributed by atoms with E-state index >= 15 is 0 Å². The van der Waals surface area contributed by atoms with Crippen molar-refractivity contribution in [3.8, 4) is 0 Å². The maximum atomic E-state index is 11.5. The highest BCUT2D eigenvalue weighted by Crippen LogP contribution is 2.26. The molecule has 0 aromatic rings. The number of amides is 1. The molecule has 94 valence electrons. The summed E-state index contributed by atoms with van der Waals surface area (Å²) in [7, 11) is 2.17. The van der Waals surface area contributed by atoms with Crippen LogP contribution < -0.4 is 10.6 Å². The van der Waals surface area contributed by atoms with Crippen molar-refractivity contribution < 1.29 is 4.79 Å². The third-order valence-electron chi connectivity index (χ3n) is 3.28. The van der Waals surface area contributed by atoms with Gasteiger partial charge in [0.05, 0.1) is 6.04 Å². The van der Waals surface area contributed by atoms with E-state index in [0.29, 0.717) is 12.6 Å². The first-order chi connectivity index (χ1) is 7.56. The second-order valence-corrected chi connectivity index (χ2v) is 4.77. The molecule has 0 aromatic carbocycles. The first-order valence-corrected chi connectivity index (χ1v) is 6.29. The third-order valence-corrected chi connectivity index (χ3v) is 3.28. The molecule has 1 saturated carbocycles. The van der Waals surface area contributed by atoms with Crippen molar-refractivity contribution in [3.63, 3.8) is 0 Å². The molecule has 4 nitrogen and oxygen atoms in total. The fourth-order valence-corrected chi connectivity index (χ4v) is 1.75. The van der Waals surface area contributed by atoms with Crippen LogP contribution in [0.4, 0.5) is 0 Å². The average molecular weight is 227 g/mol. The van der Waals surface area contributed by atoms with Crippen LogP contribution in [0.3, 0.4) is 0 Å². The molecule has 0 aromatic heterocycles. The van der Waals surface area contributed by atoms with Crippen molar-refractivity contribution >= 4 is 5.91 Å². The molecule has 1 rings (SSSR count). The topological polar surface area (TPSA) is 44.4 Å². The van der Waals surface area contributed by atoms with Gasteiger partial charge in [-0.05, 0) is 40.7 Å². The predicted octanol–water partition coefficient (Wildman–Crippen LogP) is 0.583. The minimum Gasteiger partial charge on any atom is -0.355 e. The largest absolute Gasteiger partial charge is 0.355 e. The van der Waals surface area contributed by atoms with E-state index in [4.69, 9.17) is 0 Å². The SMILES string of the molecule is CCNC(=O)C(C)NCC(C)N(C)C1CC1. The van der Waals surface area contributed by atoms with Crippen LogP contribution in [0.2, 0.25) is 0 Å². The summed E-state index contributed by atoms with van der Waals surface area (Å²) in [6, 6.07) is 1.16. The summed E-state index contributed by atoms with van der Waals surface area (Å²) >= 11 is 0. The Balaban J connectivity index is 2.19. The smallest absolute Gasteiger partial charge is 0.236 e. The average Bonchev–Trinajstić information content (AvgIpc) is 3.08. The van der Waals surface area contributed by atoms with Crippen molar-refractivity contribution in [1.82, 2.24) is 15.5 Å². The Morgan fingerprint density at radius 2 is 2.06 bits per heavy atom. The molecule has 2 N–H and O–H groups in total. The van der Waals surface area contributed by atoms with Gasteiger partial charge >= 0.3 is 0 Å². The Morgan fingerprint density at radius 3 is 2.56 bits per heavy atom. The van der Waals surface area contributed by atoms with Crippen molar-refractivity contribution in [2.75, 3.05) is 20.1 Å². The second kappa shape index (κ2) is 6.21. The summed E-state index contributed by atoms with van der Waals surface area (Å²) in [5.41, 5.74) is 0. The van der Waals surface area contributed by atoms with Crippen LogP contribution in [0.15, 0.2) is 0 Å². The van der Waals surface area contributed by atoms with Gasteiger partial charge in [-0.3, -0.25) is 9.69 Å². The normalized spacial score (nSPS) is 19.6. The van der Waals surface area contributed by atoms with Gasteiger partial charge in [0.25, 0.3) is 0 Å². The van der Waals surface area contributed by atoms with Gasteiger partial charge in [-0.25, -0.2) is 0 Å². The van der Waals surface area contributed by atoms with Gasteiger partial charge in [-0.15, -0.1) is 0 Å². The standard InChI is InChI=1S/C12H25N3O/c1-5-13-12(16)10(3)14-8-9(2)15(4)11-6-7-11/h9-11,14H,5-8H2,1-4H3,(H,13,16). The molecule has 0 spiro atoms. The van der Waals surface area contributed by atoms with Gasteiger partial charge in [0.1, 0.15) is 0 Å². The van der Waals surface area contributed by atoms with E-state index in [1.807, 2.05) is 13.8 Å². The lowest BCUT2D eigenvalue weighted by Gasteiger charge is -2.26. The number of hydrogen-bond acceptors (Lipinski definition) is 3. The molecule has 1 fully saturated rings. The predicted molar refractivity (Wildman–Crippen MR) is 66.4 cm³/mol. The molecule has 1 aliphatic rings. The minimum absolute atomic E-state index is 0.0868. The Kier molecular flexibility index (Phi) is 5.22. The van der Waals surface area contributed by atoms with Gasteiger partial charge in [0.2, 0.25) is 5.91 Å². The Bertz CT molecular complexity index is 228. The first kappa shape index (κ1) is 13.5. The summed E-state index contributed by atoms with van der Waals surface area (Å²) in [6.45, 7) is 7.62. The van der Waals surface area contributed by atoms with Crippen LogP contribution in [-0.4, -0.2) is 49.1 Å². The van der Waals surface area contributed by atoms with Gasteiger partial charge in [-0.2, -0.15) is 0 Å². The maximum Gasteiger partial charge on any atom is 0.236 e. The van der Waals surface area contributed by atoms with Crippen LogP contribution in [0, 0.1) is 0 Å². The van der Waals surface area contributed by atoms with E-state index in [1.165, 1.54) is 12.8 Å². The molecule has 0 saturated heterocycles. The molecule has 0 aliphatic heterocycles. The quantitative estimate of drug-likeness (QED) is 0.669. The highest BCUT2D eigenvalue weighted by atomic mass is 16.2. The van der Waals surface area contributed by atoms with E-state index in [2.05, 4.69) is 29.5 Å². The fraction of sp³-hybridized carbons (Fsp3) is 0.917. The number of carbonyl (C=O) groups is 1. The van der Waals surface area contributed by atoms with Crippen LogP contribution in [0.1, 0.15) is 33.6 Å². The second-order valence-electron chi connectivity index (χ2n) is 4.77. The first-order valence-electron chi connectivity index (χ1n) is 6.29. The molecule has 2 atom stereocenters. The van der Waals surface area contributed by atoms with Gasteiger partial charge < -0.3 is 10.6 Å². The number of nitrogens with one attached hydrogen (secondary N) is 2. The zero-order chi connectivity index (χ0) is 12.1. The van der Waals surface area contributed by atoms with Crippen LogP contribution in [-0.2, 0) is 4.79 Å². The molecular weight excluding hydrogens is 202 g/mol. The maximum absolute atomic E-state index is 11.5. The number of nitrogens with zero attached hydrogens (tertiary/aromatic N) is 1. The van der Waals surface area contributed by atoms with E-state index in [9.17, 15) is 4.79 Å². The molecule has 4 heteroatoms. The van der Waals surface area contributed by atoms with Gasteiger partial charge in [-0.1, -0.05) is 0 Å². The monoisotopic (exact) mass is 227 g/mol. The van der Waals surface area contributed by atoms with Crippen LogP contribution >= 0.6 is 0 Å². The Labute approximate surface area is 98.8 Å². The summed E-state index contributed by atoms with van der Waals surface area (Å²) in [5, 5.41) is 6.10. The summed E-state index contributed by atoms with van der Waals surface area (Å²) in [6.07, 6.45) is 2.65. The van der Waals surface area contributed by atoms with Crippen LogP contribution in [0.25, 0.3) is 0 Å². The molecule has 1 aliphatic carbocycles. The highest BCUT2D eigenvalue weighted by Gasteiger charge is 2.29. The van der Waals surface area contributed by atoms with E-state index in [-0.39, 0.29) is 11.9 Å². The number of carbonyl (C=O) groups excluding carboxylic acids is 1. The minimum atomic E-state index is -0.102. The van der Waals surface area contributed by atoms with Crippen molar-refractivity contribution in [2.24, 2.45) is 0 Å².